The number of hydrogen-bond donors (Lipinski definition) is 0. The van der Waals surface area contributed by atoms with Gasteiger partial charge in [0.25, 0.3) is 0 Å². The van der Waals surface area contributed by atoms with Crippen molar-refractivity contribution >= 4 is 11.4 Å². The maximum atomic E-state index is 11.9. The van der Waals surface area contributed by atoms with E-state index in [9.17, 15) is 4.79 Å². The van der Waals surface area contributed by atoms with Crippen LogP contribution in [0, 0.1) is 5.41 Å². The van der Waals surface area contributed by atoms with Crippen LogP contribution >= 0.6 is 0 Å². The van der Waals surface area contributed by atoms with Gasteiger partial charge >= 0.3 is 0 Å². The standard InChI is InChI=1S/C16H18O2/c1-11(17)16(2)10-14-8-13(9-15(16)18-14)12-6-4-3-5-7-12/h3-8,14-15H,9-10H2,1-2H3/t14-,15+,16+/m1/s1. The SMILES string of the molecule is CC(=O)[C@]1(C)C[C@H]2C=C(c3ccccc3)C[C@@H]1O2. The molecule has 1 fully saturated rings. The molecule has 2 aliphatic heterocycles. The monoisotopic (exact) mass is 242 g/mol. The Hall–Kier alpha value is -1.41. The molecule has 0 amide bonds. The van der Waals surface area contributed by atoms with Crippen LogP contribution < -0.4 is 0 Å². The normalized spacial score (nSPS) is 34.2. The number of ether oxygens (including phenoxy) is 1. The summed E-state index contributed by atoms with van der Waals surface area (Å²) in [5.41, 5.74) is 2.27. The Bertz CT molecular complexity index is 503. The lowest BCUT2D eigenvalue weighted by molar-refractivity contribution is -0.128. The van der Waals surface area contributed by atoms with E-state index in [-0.39, 0.29) is 23.4 Å². The number of hydrogen-bond acceptors (Lipinski definition) is 2. The third-order valence-electron chi connectivity index (χ3n) is 4.42. The van der Waals surface area contributed by atoms with E-state index in [4.69, 9.17) is 4.74 Å². The van der Waals surface area contributed by atoms with Crippen LogP contribution in [0.25, 0.3) is 5.57 Å². The molecule has 0 N–H and O–H groups in total. The molecule has 3 atom stereocenters. The Morgan fingerprint density at radius 3 is 2.72 bits per heavy atom. The minimum atomic E-state index is -0.308. The van der Waals surface area contributed by atoms with Gasteiger partial charge in [0.1, 0.15) is 5.78 Å². The van der Waals surface area contributed by atoms with E-state index in [1.54, 1.807) is 6.92 Å². The Balaban J connectivity index is 1.91. The first-order valence-corrected chi connectivity index (χ1v) is 6.52. The zero-order valence-corrected chi connectivity index (χ0v) is 10.8. The topological polar surface area (TPSA) is 26.3 Å². The summed E-state index contributed by atoms with van der Waals surface area (Å²) in [4.78, 5) is 11.9. The molecule has 2 heteroatoms. The molecule has 0 unspecified atom stereocenters. The van der Waals surface area contributed by atoms with Crippen LogP contribution in [-0.4, -0.2) is 18.0 Å². The molecule has 1 aromatic rings. The molecule has 0 aliphatic carbocycles. The maximum absolute atomic E-state index is 11.9. The molecule has 0 aromatic heterocycles. The van der Waals surface area contributed by atoms with Crippen molar-refractivity contribution in [2.24, 2.45) is 5.41 Å². The summed E-state index contributed by atoms with van der Waals surface area (Å²) < 4.78 is 5.93. The molecule has 2 aliphatic rings. The molecule has 2 bridgehead atoms. The molecule has 0 spiro atoms. The first-order valence-electron chi connectivity index (χ1n) is 6.52. The Kier molecular flexibility index (Phi) is 2.63. The van der Waals surface area contributed by atoms with E-state index < -0.39 is 0 Å². The summed E-state index contributed by atoms with van der Waals surface area (Å²) in [7, 11) is 0. The lowest BCUT2D eigenvalue weighted by Gasteiger charge is -2.28. The van der Waals surface area contributed by atoms with Crippen molar-refractivity contribution in [3.05, 3.63) is 42.0 Å². The smallest absolute Gasteiger partial charge is 0.138 e. The van der Waals surface area contributed by atoms with Crippen molar-refractivity contribution in [1.29, 1.82) is 0 Å². The lowest BCUT2D eigenvalue weighted by Crippen LogP contribution is -2.34. The van der Waals surface area contributed by atoms with Crippen LogP contribution in [0.5, 0.6) is 0 Å². The highest BCUT2D eigenvalue weighted by Gasteiger charge is 2.49. The van der Waals surface area contributed by atoms with Crippen LogP contribution in [-0.2, 0) is 9.53 Å². The molecule has 1 aromatic carbocycles. The van der Waals surface area contributed by atoms with Crippen molar-refractivity contribution in [2.75, 3.05) is 0 Å². The van der Waals surface area contributed by atoms with Gasteiger partial charge in [-0.25, -0.2) is 0 Å². The Morgan fingerprint density at radius 1 is 1.33 bits per heavy atom. The van der Waals surface area contributed by atoms with E-state index in [1.807, 2.05) is 13.0 Å². The van der Waals surface area contributed by atoms with Crippen LogP contribution in [0.15, 0.2) is 36.4 Å². The van der Waals surface area contributed by atoms with Crippen molar-refractivity contribution in [1.82, 2.24) is 0 Å². The van der Waals surface area contributed by atoms with Crippen LogP contribution in [0.2, 0.25) is 0 Å². The zero-order chi connectivity index (χ0) is 12.8. The van der Waals surface area contributed by atoms with Crippen LogP contribution in [0.4, 0.5) is 0 Å². The minimum absolute atomic E-state index is 0.0419. The van der Waals surface area contributed by atoms with Gasteiger partial charge in [-0.3, -0.25) is 4.79 Å². The van der Waals surface area contributed by atoms with Gasteiger partial charge in [-0.2, -0.15) is 0 Å². The predicted octanol–water partition coefficient (Wildman–Crippen LogP) is 3.23. The predicted molar refractivity (Wildman–Crippen MR) is 71.1 cm³/mol. The number of ketones is 1. The van der Waals surface area contributed by atoms with Gasteiger partial charge in [-0.15, -0.1) is 0 Å². The first kappa shape index (κ1) is 11.7. The molecular formula is C16H18O2. The molecule has 0 radical (unpaired) electrons. The van der Waals surface area contributed by atoms with Gasteiger partial charge in [-0.1, -0.05) is 43.3 Å². The molecule has 1 saturated heterocycles. The van der Waals surface area contributed by atoms with E-state index in [2.05, 4.69) is 30.3 Å². The highest BCUT2D eigenvalue weighted by atomic mass is 16.5. The highest BCUT2D eigenvalue weighted by Crippen LogP contribution is 2.47. The van der Waals surface area contributed by atoms with Gasteiger partial charge in [0, 0.05) is 0 Å². The summed E-state index contributed by atoms with van der Waals surface area (Å²) >= 11 is 0. The first-order chi connectivity index (χ1) is 8.59. The second-order valence-corrected chi connectivity index (χ2v) is 5.60. The molecular weight excluding hydrogens is 224 g/mol. The summed E-state index contributed by atoms with van der Waals surface area (Å²) in [6.45, 7) is 3.73. The van der Waals surface area contributed by atoms with Gasteiger partial charge in [0.15, 0.2) is 0 Å². The fraction of sp³-hybridized carbons (Fsp3) is 0.438. The molecule has 0 saturated carbocycles. The molecule has 2 nitrogen and oxygen atoms in total. The summed E-state index contributed by atoms with van der Waals surface area (Å²) in [5, 5.41) is 0. The van der Waals surface area contributed by atoms with Gasteiger partial charge in [-0.05, 0) is 30.9 Å². The van der Waals surface area contributed by atoms with Gasteiger partial charge < -0.3 is 4.74 Å². The molecule has 2 heterocycles. The highest BCUT2D eigenvalue weighted by molar-refractivity contribution is 5.84. The summed E-state index contributed by atoms with van der Waals surface area (Å²) in [6, 6.07) is 10.4. The number of carbonyl (C=O) groups excluding carboxylic acids is 1. The second-order valence-electron chi connectivity index (χ2n) is 5.60. The Labute approximate surface area is 108 Å². The van der Waals surface area contributed by atoms with Gasteiger partial charge in [0.2, 0.25) is 0 Å². The average Bonchev–Trinajstić information content (AvgIpc) is 2.61. The maximum Gasteiger partial charge on any atom is 0.138 e. The van der Waals surface area contributed by atoms with E-state index in [0.717, 1.165) is 12.8 Å². The average molecular weight is 242 g/mol. The van der Waals surface area contributed by atoms with Gasteiger partial charge in [0.05, 0.1) is 17.6 Å². The zero-order valence-electron chi connectivity index (χ0n) is 10.8. The molecule has 94 valence electrons. The van der Waals surface area contributed by atoms with Crippen molar-refractivity contribution in [3.63, 3.8) is 0 Å². The third kappa shape index (κ3) is 1.72. The van der Waals surface area contributed by atoms with Crippen molar-refractivity contribution in [2.45, 2.75) is 38.9 Å². The van der Waals surface area contributed by atoms with Crippen molar-refractivity contribution in [3.8, 4) is 0 Å². The van der Waals surface area contributed by atoms with Crippen molar-refractivity contribution < 1.29 is 9.53 Å². The van der Waals surface area contributed by atoms with Crippen LogP contribution in [0.1, 0.15) is 32.3 Å². The fourth-order valence-corrected chi connectivity index (χ4v) is 3.06. The molecule has 3 rings (SSSR count). The number of carbonyl (C=O) groups is 1. The minimum Gasteiger partial charge on any atom is -0.369 e. The summed E-state index contributed by atoms with van der Waals surface area (Å²) in [5.74, 6) is 0.248. The fourth-order valence-electron chi connectivity index (χ4n) is 3.06. The quantitative estimate of drug-likeness (QED) is 0.796. The third-order valence-corrected chi connectivity index (χ3v) is 4.42. The Morgan fingerprint density at radius 2 is 2.06 bits per heavy atom. The number of benzene rings is 1. The number of fused-ring (bicyclic) bond motifs is 2. The van der Waals surface area contributed by atoms with E-state index >= 15 is 0 Å². The van der Waals surface area contributed by atoms with E-state index in [0.29, 0.717) is 0 Å². The number of rotatable bonds is 2. The lowest BCUT2D eigenvalue weighted by atomic mass is 9.77. The number of Topliss-reactive ketones (excluding diaryl/α,β-unsaturated/α-hetero) is 1. The second kappa shape index (κ2) is 4.06. The van der Waals surface area contributed by atoms with Crippen LogP contribution in [0.3, 0.4) is 0 Å². The largest absolute Gasteiger partial charge is 0.369 e. The van der Waals surface area contributed by atoms with E-state index in [1.165, 1.54) is 11.1 Å². The molecule has 18 heavy (non-hydrogen) atoms. The summed E-state index contributed by atoms with van der Waals surface area (Å²) in [6.07, 6.45) is 4.01.